The quantitative estimate of drug-likeness (QED) is 0.327. The van der Waals surface area contributed by atoms with Gasteiger partial charge < -0.3 is 5.32 Å². The largest absolute Gasteiger partial charge is 0.349 e. The van der Waals surface area contributed by atoms with Gasteiger partial charge in [-0.2, -0.15) is 0 Å². The fraction of sp³-hybridized carbons (Fsp3) is 0.250. The van der Waals surface area contributed by atoms with Crippen molar-refractivity contribution >= 4 is 49.7 Å². The zero-order valence-corrected chi connectivity index (χ0v) is 16.7. The molecule has 0 radical (unpaired) electrons. The Kier molecular flexibility index (Phi) is 6.37. The fourth-order valence-corrected chi connectivity index (χ4v) is 3.58. The molecule has 0 fully saturated rings. The van der Waals surface area contributed by atoms with E-state index >= 15 is 0 Å². The summed E-state index contributed by atoms with van der Waals surface area (Å²) >= 11 is 1.85. The molecule has 0 heterocycles. The molecule has 2 N–H and O–H groups in total. The van der Waals surface area contributed by atoms with Crippen molar-refractivity contribution in [3.8, 4) is 0 Å². The topological polar surface area (TPSA) is 58.2 Å². The molecule has 4 nitrogen and oxygen atoms in total. The Labute approximate surface area is 162 Å². The third-order valence-corrected chi connectivity index (χ3v) is 6.26. The number of halogens is 5. The summed E-state index contributed by atoms with van der Waals surface area (Å²) in [5, 5.41) is 1.33. The highest BCUT2D eigenvalue weighted by atomic mass is 127. The summed E-state index contributed by atoms with van der Waals surface area (Å²) in [7, 11) is -4.06. The molecule has 1 atom stereocenters. The third-order valence-electron chi connectivity index (χ3n) is 3.71. The highest BCUT2D eigenvalue weighted by Gasteiger charge is 2.26. The maximum Gasteiger partial charge on any atom is 0.235 e. The SMILES string of the molecule is CCC(C)S(=O)(=O)Nc1c(F)cc(F)c(F)c1Nc1ccc(I)cc1F. The van der Waals surface area contributed by atoms with Crippen molar-refractivity contribution in [2.45, 2.75) is 25.5 Å². The van der Waals surface area contributed by atoms with E-state index in [4.69, 9.17) is 0 Å². The smallest absolute Gasteiger partial charge is 0.235 e. The van der Waals surface area contributed by atoms with Gasteiger partial charge in [-0.05, 0) is 54.1 Å². The van der Waals surface area contributed by atoms with Crippen molar-refractivity contribution in [1.29, 1.82) is 0 Å². The van der Waals surface area contributed by atoms with Gasteiger partial charge in [0.25, 0.3) is 0 Å². The van der Waals surface area contributed by atoms with Crippen LogP contribution in [-0.4, -0.2) is 13.7 Å². The van der Waals surface area contributed by atoms with E-state index in [1.165, 1.54) is 19.1 Å². The lowest BCUT2D eigenvalue weighted by atomic mass is 10.2. The summed E-state index contributed by atoms with van der Waals surface area (Å²) in [5.41, 5.74) is -1.92. The van der Waals surface area contributed by atoms with Crippen molar-refractivity contribution in [3.05, 3.63) is 51.1 Å². The van der Waals surface area contributed by atoms with Crippen molar-refractivity contribution < 1.29 is 26.0 Å². The van der Waals surface area contributed by atoms with Crippen LogP contribution in [0.1, 0.15) is 20.3 Å². The minimum atomic E-state index is -4.06. The first-order valence-electron chi connectivity index (χ1n) is 7.48. The number of sulfonamides is 1. The molecule has 0 aromatic heterocycles. The van der Waals surface area contributed by atoms with Crippen molar-refractivity contribution in [2.24, 2.45) is 0 Å². The van der Waals surface area contributed by atoms with Crippen LogP contribution in [0.4, 0.5) is 34.6 Å². The lowest BCUT2D eigenvalue weighted by molar-refractivity contribution is 0.499. The number of anilines is 3. The second-order valence-corrected chi connectivity index (χ2v) is 8.86. The Morgan fingerprint density at radius 2 is 1.69 bits per heavy atom. The van der Waals surface area contributed by atoms with E-state index in [9.17, 15) is 26.0 Å². The van der Waals surface area contributed by atoms with Gasteiger partial charge in [0.05, 0.1) is 10.9 Å². The molecule has 0 aliphatic heterocycles. The number of hydrogen-bond acceptors (Lipinski definition) is 3. The molecule has 1 unspecified atom stereocenters. The van der Waals surface area contributed by atoms with Crippen molar-refractivity contribution in [3.63, 3.8) is 0 Å². The summed E-state index contributed by atoms with van der Waals surface area (Å²) in [6, 6.07) is 4.08. The van der Waals surface area contributed by atoms with Crippen LogP contribution in [-0.2, 0) is 10.0 Å². The highest BCUT2D eigenvalue weighted by Crippen LogP contribution is 2.35. The molecule has 10 heteroatoms. The van der Waals surface area contributed by atoms with E-state index in [0.29, 0.717) is 3.57 Å². The van der Waals surface area contributed by atoms with Crippen LogP contribution in [0.5, 0.6) is 0 Å². The third kappa shape index (κ3) is 4.40. The second-order valence-electron chi connectivity index (χ2n) is 5.52. The Bertz CT molecular complexity index is 938. The van der Waals surface area contributed by atoms with E-state index < -0.39 is 49.9 Å². The van der Waals surface area contributed by atoms with E-state index in [1.807, 2.05) is 27.3 Å². The van der Waals surface area contributed by atoms with Crippen molar-refractivity contribution in [1.82, 2.24) is 0 Å². The van der Waals surface area contributed by atoms with Crippen LogP contribution in [0.25, 0.3) is 0 Å². The standard InChI is InChI=1S/C16H15F4IN2O2S/c1-3-8(2)26(24,25)23-15-12(19)7-11(18)14(20)16(15)22-13-5-4-9(21)6-10(13)17/h4-8,22-23H,3H2,1-2H3. The zero-order valence-electron chi connectivity index (χ0n) is 13.7. The van der Waals surface area contributed by atoms with Crippen LogP contribution >= 0.6 is 22.6 Å². The first kappa shape index (κ1) is 20.7. The minimum absolute atomic E-state index is 0.217. The maximum absolute atomic E-state index is 14.2. The van der Waals surface area contributed by atoms with E-state index in [2.05, 4.69) is 5.32 Å². The van der Waals surface area contributed by atoms with Gasteiger partial charge >= 0.3 is 0 Å². The molecular weight excluding hydrogens is 487 g/mol. The van der Waals surface area contributed by atoms with E-state index in [0.717, 1.165) is 6.07 Å². The van der Waals surface area contributed by atoms with Gasteiger partial charge in [0.15, 0.2) is 17.5 Å². The monoisotopic (exact) mass is 502 g/mol. The van der Waals surface area contributed by atoms with Gasteiger partial charge in [0, 0.05) is 9.64 Å². The molecule has 0 spiro atoms. The predicted octanol–water partition coefficient (Wildman–Crippen LogP) is 5.13. The molecule has 0 bridgehead atoms. The number of nitrogens with one attached hydrogen (secondary N) is 2. The molecule has 0 aliphatic carbocycles. The fourth-order valence-electron chi connectivity index (χ4n) is 2.00. The molecule has 0 amide bonds. The van der Waals surface area contributed by atoms with Crippen LogP contribution < -0.4 is 10.0 Å². The Morgan fingerprint density at radius 1 is 1.04 bits per heavy atom. The molecule has 2 aromatic carbocycles. The summed E-state index contributed by atoms with van der Waals surface area (Å²) in [5.74, 6) is -5.20. The Morgan fingerprint density at radius 3 is 2.27 bits per heavy atom. The zero-order chi connectivity index (χ0) is 19.6. The first-order chi connectivity index (χ1) is 12.1. The normalized spacial score (nSPS) is 12.7. The number of hydrogen-bond donors (Lipinski definition) is 2. The van der Waals surface area contributed by atoms with Crippen molar-refractivity contribution in [2.75, 3.05) is 10.0 Å². The Balaban J connectivity index is 2.57. The molecule has 0 saturated heterocycles. The summed E-state index contributed by atoms with van der Waals surface area (Å²) in [6.45, 7) is 2.98. The molecule has 0 aliphatic rings. The summed E-state index contributed by atoms with van der Waals surface area (Å²) < 4.78 is 82.9. The summed E-state index contributed by atoms with van der Waals surface area (Å²) in [6.07, 6.45) is 0.217. The number of benzene rings is 2. The van der Waals surface area contributed by atoms with E-state index in [-0.39, 0.29) is 18.2 Å². The average Bonchev–Trinajstić information content (AvgIpc) is 2.56. The van der Waals surface area contributed by atoms with Crippen LogP contribution in [0.3, 0.4) is 0 Å². The van der Waals surface area contributed by atoms with Gasteiger partial charge in [0.1, 0.15) is 17.2 Å². The van der Waals surface area contributed by atoms with Crippen LogP contribution in [0, 0.1) is 26.8 Å². The van der Waals surface area contributed by atoms with Gasteiger partial charge in [-0.25, -0.2) is 26.0 Å². The number of rotatable bonds is 6. The van der Waals surface area contributed by atoms with Crippen LogP contribution in [0.15, 0.2) is 24.3 Å². The van der Waals surface area contributed by atoms with Gasteiger partial charge in [-0.15, -0.1) is 0 Å². The maximum atomic E-state index is 14.2. The Hall–Kier alpha value is -1.56. The molecular formula is C16H15F4IN2O2S. The molecule has 2 rings (SSSR count). The lowest BCUT2D eigenvalue weighted by Gasteiger charge is -2.18. The molecule has 26 heavy (non-hydrogen) atoms. The van der Waals surface area contributed by atoms with Crippen LogP contribution in [0.2, 0.25) is 0 Å². The predicted molar refractivity (Wildman–Crippen MR) is 101 cm³/mol. The highest BCUT2D eigenvalue weighted by molar-refractivity contribution is 14.1. The van der Waals surface area contributed by atoms with Gasteiger partial charge in [-0.3, -0.25) is 4.72 Å². The molecule has 142 valence electrons. The average molecular weight is 502 g/mol. The summed E-state index contributed by atoms with van der Waals surface area (Å²) in [4.78, 5) is 0. The first-order valence-corrected chi connectivity index (χ1v) is 10.1. The minimum Gasteiger partial charge on any atom is -0.349 e. The van der Waals surface area contributed by atoms with Gasteiger partial charge in [-0.1, -0.05) is 6.92 Å². The lowest BCUT2D eigenvalue weighted by Crippen LogP contribution is -2.26. The van der Waals surface area contributed by atoms with E-state index in [1.54, 1.807) is 6.92 Å². The van der Waals surface area contributed by atoms with Gasteiger partial charge in [0.2, 0.25) is 10.0 Å². The second kappa shape index (κ2) is 7.99. The molecule has 2 aromatic rings. The molecule has 0 saturated carbocycles.